The third kappa shape index (κ3) is 1.65. The summed E-state index contributed by atoms with van der Waals surface area (Å²) in [4.78, 5) is 12.0. The summed E-state index contributed by atoms with van der Waals surface area (Å²) in [6.07, 6.45) is 0. The van der Waals surface area contributed by atoms with Gasteiger partial charge in [-0.2, -0.15) is 0 Å². The van der Waals surface area contributed by atoms with Crippen molar-refractivity contribution >= 4 is 27.5 Å². The van der Waals surface area contributed by atoms with Gasteiger partial charge in [0, 0.05) is 0 Å². The molecule has 0 fully saturated rings. The Morgan fingerprint density at radius 3 is 2.29 bits per heavy atom. The lowest BCUT2D eigenvalue weighted by Crippen LogP contribution is -2.45. The molecule has 6 heteroatoms. The van der Waals surface area contributed by atoms with Crippen molar-refractivity contribution in [2.24, 2.45) is 0 Å². The number of amides is 1. The molecule has 4 nitrogen and oxygen atoms in total. The molecule has 0 N–H and O–H groups in total. The molecule has 0 bridgehead atoms. The Hall–Kier alpha value is -1.07. The largest absolute Gasteiger partial charge is 0.269 e. The molecule has 17 heavy (non-hydrogen) atoms. The van der Waals surface area contributed by atoms with Gasteiger partial charge in [-0.3, -0.25) is 4.79 Å². The lowest BCUT2D eigenvalue weighted by Gasteiger charge is -2.29. The van der Waals surface area contributed by atoms with Gasteiger partial charge in [-0.25, -0.2) is 12.7 Å². The second-order valence-corrected chi connectivity index (χ2v) is 6.99. The van der Waals surface area contributed by atoms with E-state index < -0.39 is 21.5 Å². The highest BCUT2D eigenvalue weighted by Gasteiger charge is 2.47. The summed E-state index contributed by atoms with van der Waals surface area (Å²) >= 11 is 5.88. The molecule has 0 aliphatic carbocycles. The van der Waals surface area contributed by atoms with E-state index >= 15 is 0 Å². The average Bonchev–Trinajstić information content (AvgIpc) is 2.34. The minimum atomic E-state index is -3.83. The van der Waals surface area contributed by atoms with E-state index in [9.17, 15) is 13.2 Å². The summed E-state index contributed by atoms with van der Waals surface area (Å²) in [5.74, 6) is -0.519. The van der Waals surface area contributed by atoms with E-state index in [1.54, 1.807) is 26.8 Å². The molecule has 0 atom stereocenters. The van der Waals surface area contributed by atoms with Gasteiger partial charge < -0.3 is 0 Å². The van der Waals surface area contributed by atoms with Crippen LogP contribution >= 0.6 is 11.6 Å². The molecule has 0 aromatic heterocycles. The van der Waals surface area contributed by atoms with Crippen molar-refractivity contribution in [3.8, 4) is 0 Å². The third-order valence-electron chi connectivity index (χ3n) is 2.49. The zero-order valence-electron chi connectivity index (χ0n) is 9.69. The fourth-order valence-corrected chi connectivity index (χ4v) is 4.35. The lowest BCUT2D eigenvalue weighted by molar-refractivity contribution is 0.0788. The molecule has 1 aliphatic heterocycles. The first-order valence-electron chi connectivity index (χ1n) is 5.05. The maximum atomic E-state index is 12.3. The van der Waals surface area contributed by atoms with Crippen LogP contribution in [0.4, 0.5) is 0 Å². The topological polar surface area (TPSA) is 54.5 Å². The fourth-order valence-electron chi connectivity index (χ4n) is 1.91. The summed E-state index contributed by atoms with van der Waals surface area (Å²) in [7, 11) is -3.83. The Labute approximate surface area is 105 Å². The Bertz CT molecular complexity index is 602. The zero-order valence-corrected chi connectivity index (χ0v) is 11.3. The first-order chi connectivity index (χ1) is 7.67. The molecule has 1 heterocycles. The lowest BCUT2D eigenvalue weighted by atomic mass is 10.1. The van der Waals surface area contributed by atoms with E-state index in [1.807, 2.05) is 0 Å². The SMILES string of the molecule is CC(C)(C)N1C(=O)c2cccc(Cl)c2S1(=O)=O. The molecule has 0 unspecified atom stereocenters. The maximum Gasteiger partial charge on any atom is 0.269 e. The first kappa shape index (κ1) is 12.4. The first-order valence-corrected chi connectivity index (χ1v) is 6.87. The van der Waals surface area contributed by atoms with Crippen LogP contribution < -0.4 is 0 Å². The highest BCUT2D eigenvalue weighted by atomic mass is 35.5. The number of fused-ring (bicyclic) bond motifs is 1. The molecule has 1 amide bonds. The number of halogens is 1. The van der Waals surface area contributed by atoms with Crippen molar-refractivity contribution in [2.75, 3.05) is 0 Å². The van der Waals surface area contributed by atoms with Gasteiger partial charge in [0.05, 0.1) is 16.1 Å². The molecule has 1 aliphatic rings. The van der Waals surface area contributed by atoms with E-state index in [0.717, 1.165) is 4.31 Å². The normalized spacial score (nSPS) is 18.4. The number of carbonyl (C=O) groups is 1. The summed E-state index contributed by atoms with van der Waals surface area (Å²) in [5.41, 5.74) is -0.662. The van der Waals surface area contributed by atoms with Gasteiger partial charge in [0.2, 0.25) is 0 Å². The molecule has 2 rings (SSSR count). The quantitative estimate of drug-likeness (QED) is 0.729. The van der Waals surface area contributed by atoms with Crippen molar-refractivity contribution < 1.29 is 13.2 Å². The number of rotatable bonds is 0. The summed E-state index contributed by atoms with van der Waals surface area (Å²) < 4.78 is 25.5. The van der Waals surface area contributed by atoms with Crippen LogP contribution in [0, 0.1) is 0 Å². The number of hydrogen-bond donors (Lipinski definition) is 0. The fraction of sp³-hybridized carbons (Fsp3) is 0.364. The average molecular weight is 274 g/mol. The van der Waals surface area contributed by atoms with Crippen molar-refractivity contribution in [1.29, 1.82) is 0 Å². The predicted octanol–water partition coefficient (Wildman–Crippen LogP) is 2.28. The number of benzene rings is 1. The molecule has 1 aromatic rings. The third-order valence-corrected chi connectivity index (χ3v) is 5.07. The minimum absolute atomic E-state index is 0.0819. The Balaban J connectivity index is 2.79. The Morgan fingerprint density at radius 1 is 1.24 bits per heavy atom. The molecular weight excluding hydrogens is 262 g/mol. The van der Waals surface area contributed by atoms with E-state index in [-0.39, 0.29) is 15.5 Å². The van der Waals surface area contributed by atoms with Gasteiger partial charge in [-0.1, -0.05) is 17.7 Å². The van der Waals surface area contributed by atoms with Gasteiger partial charge in [-0.05, 0) is 32.9 Å². The second-order valence-electron chi connectivity index (χ2n) is 4.86. The maximum absolute atomic E-state index is 12.3. The molecule has 0 saturated carbocycles. The molecule has 0 spiro atoms. The highest BCUT2D eigenvalue weighted by molar-refractivity contribution is 7.90. The standard InChI is InChI=1S/C11H12ClNO3S/c1-11(2,3)13-10(14)7-5-4-6-8(12)9(7)17(13,15)16/h4-6H,1-3H3. The summed E-state index contributed by atoms with van der Waals surface area (Å²) in [6.45, 7) is 5.01. The van der Waals surface area contributed by atoms with Crippen LogP contribution in [-0.2, 0) is 10.0 Å². The van der Waals surface area contributed by atoms with Crippen molar-refractivity contribution in [3.05, 3.63) is 28.8 Å². The van der Waals surface area contributed by atoms with Gasteiger partial charge >= 0.3 is 0 Å². The molecule has 0 radical (unpaired) electrons. The molecule has 92 valence electrons. The molecular formula is C11H12ClNO3S. The number of hydrogen-bond acceptors (Lipinski definition) is 3. The molecule has 0 saturated heterocycles. The van der Waals surface area contributed by atoms with E-state index in [4.69, 9.17) is 11.6 Å². The van der Waals surface area contributed by atoms with Crippen LogP contribution in [0.2, 0.25) is 5.02 Å². The predicted molar refractivity (Wildman–Crippen MR) is 64.6 cm³/mol. The van der Waals surface area contributed by atoms with Crippen molar-refractivity contribution in [2.45, 2.75) is 31.2 Å². The van der Waals surface area contributed by atoms with Crippen molar-refractivity contribution in [3.63, 3.8) is 0 Å². The van der Waals surface area contributed by atoms with Gasteiger partial charge in [-0.15, -0.1) is 0 Å². The zero-order chi connectivity index (χ0) is 13.0. The van der Waals surface area contributed by atoms with Gasteiger partial charge in [0.25, 0.3) is 15.9 Å². The Kier molecular flexibility index (Phi) is 2.52. The highest BCUT2D eigenvalue weighted by Crippen LogP contribution is 2.39. The van der Waals surface area contributed by atoms with Crippen LogP contribution in [-0.4, -0.2) is 24.2 Å². The Morgan fingerprint density at radius 2 is 1.82 bits per heavy atom. The summed E-state index contributed by atoms with van der Waals surface area (Å²) in [5, 5.41) is 0.0857. The number of carbonyl (C=O) groups excluding carboxylic acids is 1. The smallest absolute Gasteiger partial charge is 0.268 e. The van der Waals surface area contributed by atoms with Gasteiger partial charge in [0.1, 0.15) is 4.90 Å². The van der Waals surface area contributed by atoms with E-state index in [1.165, 1.54) is 12.1 Å². The van der Waals surface area contributed by atoms with Crippen LogP contribution in [0.1, 0.15) is 31.1 Å². The number of nitrogens with zero attached hydrogens (tertiary/aromatic N) is 1. The minimum Gasteiger partial charge on any atom is -0.268 e. The summed E-state index contributed by atoms with van der Waals surface area (Å²) in [6, 6.07) is 4.52. The van der Waals surface area contributed by atoms with Gasteiger partial charge in [0.15, 0.2) is 0 Å². The van der Waals surface area contributed by atoms with Crippen molar-refractivity contribution in [1.82, 2.24) is 4.31 Å². The van der Waals surface area contributed by atoms with Crippen LogP contribution in [0.5, 0.6) is 0 Å². The molecule has 1 aromatic carbocycles. The van der Waals surface area contributed by atoms with E-state index in [0.29, 0.717) is 0 Å². The van der Waals surface area contributed by atoms with E-state index in [2.05, 4.69) is 0 Å². The number of sulfonamides is 1. The van der Waals surface area contributed by atoms with Crippen LogP contribution in [0.3, 0.4) is 0 Å². The van der Waals surface area contributed by atoms with Crippen LogP contribution in [0.25, 0.3) is 0 Å². The monoisotopic (exact) mass is 273 g/mol. The van der Waals surface area contributed by atoms with Crippen LogP contribution in [0.15, 0.2) is 23.1 Å². The second kappa shape index (κ2) is 3.46.